The number of nitro groups is 1. The molecule has 0 spiro atoms. The Labute approximate surface area is 195 Å². The fraction of sp³-hybridized carbons (Fsp3) is 0.783. The van der Waals surface area contributed by atoms with E-state index in [2.05, 4.69) is 15.2 Å². The summed E-state index contributed by atoms with van der Waals surface area (Å²) in [6, 6.07) is 4.02. The van der Waals surface area contributed by atoms with Crippen LogP contribution in [0.5, 0.6) is 0 Å². The Hall–Kier alpha value is -1.58. The molecule has 2 bridgehead atoms. The van der Waals surface area contributed by atoms with Gasteiger partial charge in [-0.2, -0.15) is 11.8 Å². The van der Waals surface area contributed by atoms with Crippen LogP contribution in [0.25, 0.3) is 0 Å². The molecular weight excluding hydrogens is 428 g/mol. The maximum absolute atomic E-state index is 10.9. The Balaban J connectivity index is 1.26. The summed E-state index contributed by atoms with van der Waals surface area (Å²) in [6.07, 6.45) is 6.35. The van der Waals surface area contributed by atoms with Crippen molar-refractivity contribution in [2.75, 3.05) is 52.7 Å². The number of hydrogen-bond donors (Lipinski definition) is 1. The van der Waals surface area contributed by atoms with Crippen molar-refractivity contribution >= 4 is 17.6 Å². The molecule has 0 aliphatic heterocycles. The predicted octanol–water partition coefficient (Wildman–Crippen LogP) is 3.68. The van der Waals surface area contributed by atoms with Crippen LogP contribution in [0.3, 0.4) is 0 Å². The van der Waals surface area contributed by atoms with Crippen LogP contribution in [0.2, 0.25) is 0 Å². The van der Waals surface area contributed by atoms with Gasteiger partial charge in [-0.15, -0.1) is 0 Å². The average molecular weight is 467 g/mol. The molecule has 3 unspecified atom stereocenters. The first-order valence-electron chi connectivity index (χ1n) is 11.8. The van der Waals surface area contributed by atoms with E-state index in [1.807, 2.05) is 26.2 Å². The average Bonchev–Trinajstić information content (AvgIpc) is 3.46. The highest BCUT2D eigenvalue weighted by Crippen LogP contribution is 2.48. The van der Waals surface area contributed by atoms with Crippen molar-refractivity contribution in [1.82, 2.24) is 10.2 Å². The van der Waals surface area contributed by atoms with Gasteiger partial charge in [0.1, 0.15) is 11.5 Å². The summed E-state index contributed by atoms with van der Waals surface area (Å²) in [5.74, 6) is 6.58. The van der Waals surface area contributed by atoms with E-state index >= 15 is 0 Å². The molecule has 0 saturated heterocycles. The van der Waals surface area contributed by atoms with Crippen LogP contribution in [-0.2, 0) is 17.0 Å². The molecule has 1 N–H and O–H groups in total. The van der Waals surface area contributed by atoms with Crippen LogP contribution >= 0.6 is 11.8 Å². The van der Waals surface area contributed by atoms with Crippen LogP contribution in [0, 0.1) is 27.9 Å². The summed E-state index contributed by atoms with van der Waals surface area (Å²) in [4.78, 5) is 17.1. The zero-order valence-electron chi connectivity index (χ0n) is 19.5. The highest BCUT2D eigenvalue weighted by Gasteiger charge is 2.39. The Morgan fingerprint density at radius 2 is 2.19 bits per heavy atom. The van der Waals surface area contributed by atoms with Gasteiger partial charge in [0.05, 0.1) is 12.3 Å². The van der Waals surface area contributed by atoms with E-state index in [1.54, 1.807) is 11.8 Å². The minimum Gasteiger partial charge on any atom is -0.464 e. The summed E-state index contributed by atoms with van der Waals surface area (Å²) in [7, 11) is 4.03. The van der Waals surface area contributed by atoms with Gasteiger partial charge < -0.3 is 19.4 Å². The van der Waals surface area contributed by atoms with Crippen molar-refractivity contribution < 1.29 is 14.1 Å². The lowest BCUT2D eigenvalue weighted by molar-refractivity contribution is -0.463. The Morgan fingerprint density at radius 3 is 2.91 bits per heavy atom. The zero-order chi connectivity index (χ0) is 22.8. The number of nitrogens with one attached hydrogen (secondary N) is 1. The third kappa shape index (κ3) is 8.75. The summed E-state index contributed by atoms with van der Waals surface area (Å²) in [5.41, 5.74) is 0. The van der Waals surface area contributed by atoms with Crippen molar-refractivity contribution in [3.63, 3.8) is 0 Å². The molecule has 1 heterocycles. The van der Waals surface area contributed by atoms with Crippen molar-refractivity contribution in [2.24, 2.45) is 22.7 Å². The summed E-state index contributed by atoms with van der Waals surface area (Å²) in [5, 5.41) is 14.1. The molecule has 2 fully saturated rings. The van der Waals surface area contributed by atoms with Crippen LogP contribution in [0.4, 0.5) is 0 Å². The normalized spacial score (nSPS) is 22.7. The minimum absolute atomic E-state index is 0.261. The molecule has 9 heteroatoms. The molecule has 2 aliphatic rings. The van der Waals surface area contributed by atoms with Gasteiger partial charge in [-0.3, -0.25) is 15.1 Å². The Morgan fingerprint density at radius 1 is 1.34 bits per heavy atom. The van der Waals surface area contributed by atoms with Gasteiger partial charge in [0.2, 0.25) is 0 Å². The lowest BCUT2D eigenvalue weighted by Crippen LogP contribution is -2.32. The SMILES string of the molecule is CN(C)Cc1ccc(CSCCNC(C[N+](=O)[O-])=NCCCOCC2CC3CCC2C3)o1. The second kappa shape index (κ2) is 13.2. The fourth-order valence-corrected chi connectivity index (χ4v) is 5.56. The van der Waals surface area contributed by atoms with E-state index in [9.17, 15) is 10.1 Å². The molecule has 0 aromatic carbocycles. The second-order valence-corrected chi connectivity index (χ2v) is 10.4. The number of nitrogens with zero attached hydrogens (tertiary/aromatic N) is 3. The number of amidine groups is 1. The maximum Gasteiger partial charge on any atom is 0.259 e. The Bertz CT molecular complexity index is 739. The molecule has 0 radical (unpaired) electrons. The number of hydrogen-bond acceptors (Lipinski definition) is 7. The zero-order valence-corrected chi connectivity index (χ0v) is 20.3. The number of rotatable bonds is 15. The lowest BCUT2D eigenvalue weighted by atomic mass is 9.90. The summed E-state index contributed by atoms with van der Waals surface area (Å²) >= 11 is 1.74. The van der Waals surface area contributed by atoms with Crippen LogP contribution in [0.15, 0.2) is 21.5 Å². The van der Waals surface area contributed by atoms with E-state index in [4.69, 9.17) is 9.15 Å². The molecule has 8 nitrogen and oxygen atoms in total. The predicted molar refractivity (Wildman–Crippen MR) is 129 cm³/mol. The molecular formula is C23H38N4O4S. The van der Waals surface area contributed by atoms with E-state index in [0.717, 1.165) is 60.4 Å². The van der Waals surface area contributed by atoms with Gasteiger partial charge in [-0.05, 0) is 69.7 Å². The molecule has 180 valence electrons. The van der Waals surface area contributed by atoms with Gasteiger partial charge in [0.25, 0.3) is 6.54 Å². The summed E-state index contributed by atoms with van der Waals surface area (Å²) < 4.78 is 11.7. The van der Waals surface area contributed by atoms with Crippen molar-refractivity contribution in [3.05, 3.63) is 33.8 Å². The van der Waals surface area contributed by atoms with Crippen molar-refractivity contribution in [1.29, 1.82) is 0 Å². The van der Waals surface area contributed by atoms with Crippen molar-refractivity contribution in [3.8, 4) is 0 Å². The third-order valence-corrected chi connectivity index (χ3v) is 7.24. The van der Waals surface area contributed by atoms with Gasteiger partial charge >= 0.3 is 0 Å². The summed E-state index contributed by atoms with van der Waals surface area (Å²) in [6.45, 7) is 3.28. The number of furan rings is 1. The largest absolute Gasteiger partial charge is 0.464 e. The number of ether oxygens (including phenoxy) is 1. The first-order chi connectivity index (χ1) is 15.5. The number of thioether (sulfide) groups is 1. The lowest BCUT2D eigenvalue weighted by Gasteiger charge is -2.21. The first-order valence-corrected chi connectivity index (χ1v) is 12.9. The highest BCUT2D eigenvalue weighted by atomic mass is 32.2. The van der Waals surface area contributed by atoms with E-state index in [1.165, 1.54) is 25.7 Å². The molecule has 2 saturated carbocycles. The standard InChI is InChI=1S/C23H38N4O4S/c1-26(2)14-21-6-7-22(31-21)17-32-11-9-25-23(15-27(28)29)24-8-3-10-30-16-20-13-18-4-5-19(20)12-18/h6-7,18-20H,3-5,8-17H2,1-2H3,(H,24,25). The second-order valence-electron chi connectivity index (χ2n) is 9.27. The first kappa shape index (κ1) is 25.1. The molecule has 32 heavy (non-hydrogen) atoms. The topological polar surface area (TPSA) is 93.1 Å². The number of fused-ring (bicyclic) bond motifs is 2. The molecule has 1 aromatic rings. The minimum atomic E-state index is -0.334. The highest BCUT2D eigenvalue weighted by molar-refractivity contribution is 7.98. The molecule has 3 rings (SSSR count). The van der Waals surface area contributed by atoms with Gasteiger partial charge in [-0.1, -0.05) is 6.42 Å². The van der Waals surface area contributed by atoms with Gasteiger partial charge in [-0.25, -0.2) is 0 Å². The third-order valence-electron chi connectivity index (χ3n) is 6.25. The quantitative estimate of drug-likeness (QED) is 0.139. The maximum atomic E-state index is 10.9. The molecule has 0 amide bonds. The van der Waals surface area contributed by atoms with Gasteiger partial charge in [0, 0.05) is 37.0 Å². The smallest absolute Gasteiger partial charge is 0.259 e. The van der Waals surface area contributed by atoms with Crippen molar-refractivity contribution in [2.45, 2.75) is 44.4 Å². The monoisotopic (exact) mass is 466 g/mol. The van der Waals surface area contributed by atoms with E-state index < -0.39 is 0 Å². The Kier molecular flexibility index (Phi) is 10.3. The van der Waals surface area contributed by atoms with Gasteiger partial charge in [0.15, 0.2) is 5.84 Å². The van der Waals surface area contributed by atoms with Crippen LogP contribution in [0.1, 0.15) is 43.6 Å². The molecule has 1 aromatic heterocycles. The van der Waals surface area contributed by atoms with Crippen LogP contribution < -0.4 is 5.32 Å². The fourth-order valence-electron chi connectivity index (χ4n) is 4.82. The van der Waals surface area contributed by atoms with Crippen LogP contribution in [-0.4, -0.2) is 68.4 Å². The molecule has 3 atom stereocenters. The molecule has 2 aliphatic carbocycles. The van der Waals surface area contributed by atoms with E-state index in [0.29, 0.717) is 25.5 Å². The van der Waals surface area contributed by atoms with E-state index in [-0.39, 0.29) is 11.5 Å². The number of aliphatic imine (C=N–C) groups is 1.